The molecule has 2 aromatic heterocycles. The van der Waals surface area contributed by atoms with Crippen molar-refractivity contribution in [1.29, 1.82) is 0 Å². The van der Waals surface area contributed by atoms with E-state index in [2.05, 4.69) is 10.3 Å². The van der Waals surface area contributed by atoms with Crippen LogP contribution < -0.4 is 5.32 Å². The summed E-state index contributed by atoms with van der Waals surface area (Å²) in [5.74, 6) is -1.11. The molecule has 1 aliphatic carbocycles. The molecule has 2 aromatic rings. The van der Waals surface area contributed by atoms with E-state index in [0.29, 0.717) is 26.0 Å². The zero-order valence-electron chi connectivity index (χ0n) is 14.7. The van der Waals surface area contributed by atoms with Gasteiger partial charge in [0.1, 0.15) is 6.10 Å². The van der Waals surface area contributed by atoms with Crippen molar-refractivity contribution >= 4 is 5.65 Å². The molecule has 1 aliphatic heterocycles. The van der Waals surface area contributed by atoms with Gasteiger partial charge in [-0.3, -0.25) is 0 Å². The molecule has 0 bridgehead atoms. The Morgan fingerprint density at radius 1 is 1.19 bits per heavy atom. The normalized spacial score (nSPS) is 27.8. The van der Waals surface area contributed by atoms with E-state index >= 15 is 0 Å². The minimum absolute atomic E-state index is 0.0638. The van der Waals surface area contributed by atoms with Gasteiger partial charge in [0.2, 0.25) is 0 Å². The third-order valence-corrected chi connectivity index (χ3v) is 5.47. The second-order valence-electron chi connectivity index (χ2n) is 7.32. The van der Waals surface area contributed by atoms with Crippen LogP contribution in [0.25, 0.3) is 5.65 Å². The molecule has 0 spiro atoms. The van der Waals surface area contributed by atoms with Gasteiger partial charge in [-0.1, -0.05) is 0 Å². The highest BCUT2D eigenvalue weighted by Gasteiger charge is 2.42. The van der Waals surface area contributed by atoms with Crippen LogP contribution in [0.15, 0.2) is 12.1 Å². The molecular weight excluding hydrogens is 345 g/mol. The minimum Gasteiger partial charge on any atom is -0.369 e. The highest BCUT2D eigenvalue weighted by atomic mass is 19.4. The topological polar surface area (TPSA) is 51.5 Å². The Labute approximate surface area is 149 Å². The van der Waals surface area contributed by atoms with Crippen molar-refractivity contribution in [3.05, 3.63) is 29.2 Å². The predicted molar refractivity (Wildman–Crippen MR) is 90.0 cm³/mol. The van der Waals surface area contributed by atoms with Crippen LogP contribution in [0.4, 0.5) is 13.2 Å². The van der Waals surface area contributed by atoms with Crippen LogP contribution >= 0.6 is 0 Å². The molecule has 3 heterocycles. The maximum absolute atomic E-state index is 12.9. The second-order valence-corrected chi connectivity index (χ2v) is 7.32. The number of morpholine rings is 1. The Morgan fingerprint density at radius 3 is 2.62 bits per heavy atom. The van der Waals surface area contributed by atoms with Crippen LogP contribution in [0.2, 0.25) is 0 Å². The van der Waals surface area contributed by atoms with Gasteiger partial charge in [0.05, 0.1) is 23.9 Å². The van der Waals surface area contributed by atoms with Gasteiger partial charge in [-0.05, 0) is 38.7 Å². The lowest BCUT2D eigenvalue weighted by Crippen LogP contribution is -2.34. The number of alkyl halides is 3. The molecule has 5 nitrogen and oxygen atoms in total. The number of fused-ring (bicyclic) bond motifs is 1. The van der Waals surface area contributed by atoms with E-state index in [1.807, 2.05) is 19.1 Å². The predicted octanol–water partition coefficient (Wildman–Crippen LogP) is 3.53. The van der Waals surface area contributed by atoms with Gasteiger partial charge in [0.15, 0.2) is 5.65 Å². The Bertz CT molecular complexity index is 775. The molecule has 1 atom stereocenters. The number of aryl methyl sites for hydroxylation is 1. The van der Waals surface area contributed by atoms with Gasteiger partial charge in [0, 0.05) is 30.8 Å². The zero-order chi connectivity index (χ0) is 18.3. The molecule has 2 aliphatic rings. The maximum Gasteiger partial charge on any atom is 0.391 e. The molecule has 0 radical (unpaired) electrons. The maximum atomic E-state index is 12.9. The molecular formula is C18H23F3N4O. The third-order valence-electron chi connectivity index (χ3n) is 5.47. The summed E-state index contributed by atoms with van der Waals surface area (Å²) >= 11 is 0. The van der Waals surface area contributed by atoms with E-state index in [0.717, 1.165) is 29.3 Å². The summed E-state index contributed by atoms with van der Waals surface area (Å²) in [5.41, 5.74) is 3.40. The third kappa shape index (κ3) is 3.44. The van der Waals surface area contributed by atoms with Crippen molar-refractivity contribution in [2.45, 2.75) is 50.8 Å². The first-order valence-corrected chi connectivity index (χ1v) is 9.18. The van der Waals surface area contributed by atoms with Crippen molar-refractivity contribution in [3.63, 3.8) is 0 Å². The first-order valence-electron chi connectivity index (χ1n) is 9.18. The standard InChI is InChI=1S/C18H23F3N4O/c1-11-8-15(16-10-22-6-7-26-16)25-17(23-11)9-14(24-25)12-2-4-13(5-3-12)18(19,20)21/h8-9,12-13,16,22H,2-7,10H2,1H3/t12-,13-,16?. The highest BCUT2D eigenvalue weighted by molar-refractivity contribution is 5.43. The summed E-state index contributed by atoms with van der Waals surface area (Å²) in [6.45, 7) is 4.12. The molecule has 1 saturated heterocycles. The quantitative estimate of drug-likeness (QED) is 0.881. The molecule has 0 amide bonds. The molecule has 26 heavy (non-hydrogen) atoms. The van der Waals surface area contributed by atoms with Gasteiger partial charge < -0.3 is 10.1 Å². The minimum atomic E-state index is -4.08. The Balaban J connectivity index is 1.60. The molecule has 0 aromatic carbocycles. The van der Waals surface area contributed by atoms with Gasteiger partial charge in [-0.25, -0.2) is 9.50 Å². The molecule has 142 valence electrons. The monoisotopic (exact) mass is 368 g/mol. The number of ether oxygens (including phenoxy) is 1. The number of nitrogens with one attached hydrogen (secondary N) is 1. The van der Waals surface area contributed by atoms with Crippen LogP contribution in [0.1, 0.15) is 54.8 Å². The SMILES string of the molecule is Cc1cc(C2CNCCO2)n2nc([C@H]3CC[C@H](C(F)(F)F)CC3)cc2n1. The van der Waals surface area contributed by atoms with Gasteiger partial charge in [-0.2, -0.15) is 18.3 Å². The number of nitrogens with zero attached hydrogens (tertiary/aromatic N) is 3. The van der Waals surface area contributed by atoms with E-state index in [-0.39, 0.29) is 24.9 Å². The summed E-state index contributed by atoms with van der Waals surface area (Å²) < 4.78 is 46.3. The van der Waals surface area contributed by atoms with Crippen molar-refractivity contribution in [2.24, 2.45) is 5.92 Å². The number of hydrogen-bond donors (Lipinski definition) is 1. The number of rotatable bonds is 2. The molecule has 8 heteroatoms. The zero-order valence-corrected chi connectivity index (χ0v) is 14.7. The number of halogens is 3. The highest BCUT2D eigenvalue weighted by Crippen LogP contribution is 2.42. The van der Waals surface area contributed by atoms with Crippen molar-refractivity contribution < 1.29 is 17.9 Å². The second kappa shape index (κ2) is 6.81. The number of hydrogen-bond acceptors (Lipinski definition) is 4. The van der Waals surface area contributed by atoms with E-state index < -0.39 is 12.1 Å². The van der Waals surface area contributed by atoms with E-state index in [1.165, 1.54) is 0 Å². The van der Waals surface area contributed by atoms with Gasteiger partial charge >= 0.3 is 6.18 Å². The van der Waals surface area contributed by atoms with E-state index in [4.69, 9.17) is 9.84 Å². The van der Waals surface area contributed by atoms with Crippen molar-refractivity contribution in [2.75, 3.05) is 19.7 Å². The average molecular weight is 368 g/mol. The summed E-state index contributed by atoms with van der Waals surface area (Å²) in [7, 11) is 0. The van der Waals surface area contributed by atoms with Crippen LogP contribution in [-0.2, 0) is 4.74 Å². The molecule has 4 rings (SSSR count). The van der Waals surface area contributed by atoms with Crippen molar-refractivity contribution in [1.82, 2.24) is 19.9 Å². The van der Waals surface area contributed by atoms with Crippen LogP contribution in [-0.4, -0.2) is 40.5 Å². The summed E-state index contributed by atoms with van der Waals surface area (Å²) in [6.07, 6.45) is -2.79. The fraction of sp³-hybridized carbons (Fsp3) is 0.667. The summed E-state index contributed by atoms with van der Waals surface area (Å²) in [5, 5.41) is 8.02. The lowest BCUT2D eigenvalue weighted by molar-refractivity contribution is -0.182. The van der Waals surface area contributed by atoms with E-state index in [1.54, 1.807) is 4.52 Å². The Kier molecular flexibility index (Phi) is 4.64. The lowest BCUT2D eigenvalue weighted by atomic mass is 9.80. The van der Waals surface area contributed by atoms with Crippen LogP contribution in [0, 0.1) is 12.8 Å². The lowest BCUT2D eigenvalue weighted by Gasteiger charge is -2.28. The fourth-order valence-corrected chi connectivity index (χ4v) is 4.05. The van der Waals surface area contributed by atoms with Crippen molar-refractivity contribution in [3.8, 4) is 0 Å². The van der Waals surface area contributed by atoms with Gasteiger partial charge in [-0.15, -0.1) is 0 Å². The van der Waals surface area contributed by atoms with Gasteiger partial charge in [0.25, 0.3) is 0 Å². The molecule has 1 unspecified atom stereocenters. The first kappa shape index (κ1) is 17.7. The average Bonchev–Trinajstić information content (AvgIpc) is 3.05. The first-order chi connectivity index (χ1) is 12.4. The summed E-state index contributed by atoms with van der Waals surface area (Å²) in [4.78, 5) is 4.55. The Hall–Kier alpha value is -1.67. The van der Waals surface area contributed by atoms with E-state index in [9.17, 15) is 13.2 Å². The molecule has 1 saturated carbocycles. The smallest absolute Gasteiger partial charge is 0.369 e. The summed E-state index contributed by atoms with van der Waals surface area (Å²) in [6, 6.07) is 3.90. The molecule has 1 N–H and O–H groups in total. The fourth-order valence-electron chi connectivity index (χ4n) is 4.05. The van der Waals surface area contributed by atoms with Crippen LogP contribution in [0.5, 0.6) is 0 Å². The largest absolute Gasteiger partial charge is 0.391 e. The molecule has 2 fully saturated rings. The Morgan fingerprint density at radius 2 is 1.96 bits per heavy atom. The van der Waals surface area contributed by atoms with Crippen LogP contribution in [0.3, 0.4) is 0 Å². The number of aromatic nitrogens is 3.